The van der Waals surface area contributed by atoms with Gasteiger partial charge in [0.15, 0.2) is 5.13 Å². The highest BCUT2D eigenvalue weighted by atomic mass is 35.5. The molecule has 6 nitrogen and oxygen atoms in total. The van der Waals surface area contributed by atoms with Gasteiger partial charge in [-0.2, -0.15) is 0 Å². The number of rotatable bonds is 9. The second-order valence-electron chi connectivity index (χ2n) is 8.25. The van der Waals surface area contributed by atoms with Gasteiger partial charge in [0, 0.05) is 36.5 Å². The number of hydrogen-bond acceptors (Lipinski definition) is 5. The minimum absolute atomic E-state index is 0.211. The van der Waals surface area contributed by atoms with Crippen molar-refractivity contribution in [2.45, 2.75) is 19.0 Å². The quantitative estimate of drug-likeness (QED) is 0.265. The van der Waals surface area contributed by atoms with E-state index in [1.165, 1.54) is 11.3 Å². The van der Waals surface area contributed by atoms with Crippen LogP contribution in [0.5, 0.6) is 0 Å². The summed E-state index contributed by atoms with van der Waals surface area (Å²) in [5.74, 6) is -1.50. The molecular weight excluding hydrogens is 517 g/mol. The lowest BCUT2D eigenvalue weighted by molar-refractivity contribution is -0.139. The van der Waals surface area contributed by atoms with Crippen LogP contribution in [-0.2, 0) is 17.8 Å². The molecule has 36 heavy (non-hydrogen) atoms. The summed E-state index contributed by atoms with van der Waals surface area (Å²) in [4.78, 5) is 31.1. The maximum Gasteiger partial charge on any atom is 0.326 e. The number of carbonyl (C=O) groups excluding carboxylic acids is 1. The fourth-order valence-corrected chi connectivity index (χ4v) is 4.72. The number of aromatic nitrogens is 1. The van der Waals surface area contributed by atoms with E-state index in [-0.39, 0.29) is 6.42 Å². The Kier molecular flexibility index (Phi) is 8.25. The van der Waals surface area contributed by atoms with Gasteiger partial charge in [-0.1, -0.05) is 71.7 Å². The number of nitrogens with one attached hydrogen (secondary N) is 1. The standard InChI is InChI=1S/C27H23Cl2N3O3S/c1-32(27-31-24(16-36-27)20-11-12-21(28)22(29)14-20)15-18-7-9-19(10-8-18)25(33)30-23(26(34)35)13-17-5-3-2-4-6-17/h2-12,14,16,23H,13,15H2,1H3,(H,30,33)(H,34,35). The molecule has 0 saturated carbocycles. The zero-order valence-electron chi connectivity index (χ0n) is 19.3. The first-order valence-electron chi connectivity index (χ1n) is 11.1. The van der Waals surface area contributed by atoms with Crippen LogP contribution >= 0.6 is 34.5 Å². The molecule has 4 aromatic rings. The maximum absolute atomic E-state index is 12.7. The molecule has 1 atom stereocenters. The minimum atomic E-state index is -1.07. The van der Waals surface area contributed by atoms with E-state index < -0.39 is 17.9 Å². The van der Waals surface area contributed by atoms with Crippen molar-refractivity contribution in [1.82, 2.24) is 10.3 Å². The molecule has 1 unspecified atom stereocenters. The third kappa shape index (κ3) is 6.43. The molecule has 9 heteroatoms. The molecule has 0 spiro atoms. The first-order valence-corrected chi connectivity index (χ1v) is 12.7. The van der Waals surface area contributed by atoms with Gasteiger partial charge in [0.05, 0.1) is 15.7 Å². The van der Waals surface area contributed by atoms with E-state index in [1.807, 2.05) is 65.9 Å². The van der Waals surface area contributed by atoms with Crippen LogP contribution in [0.4, 0.5) is 5.13 Å². The first kappa shape index (κ1) is 25.7. The summed E-state index contributed by atoms with van der Waals surface area (Å²) in [6.07, 6.45) is 0.211. The number of thiazole rings is 1. The van der Waals surface area contributed by atoms with Crippen LogP contribution in [0.1, 0.15) is 21.5 Å². The van der Waals surface area contributed by atoms with Crippen molar-refractivity contribution in [3.63, 3.8) is 0 Å². The van der Waals surface area contributed by atoms with Gasteiger partial charge in [-0.3, -0.25) is 4.79 Å². The molecule has 1 heterocycles. The Morgan fingerprint density at radius 1 is 1.00 bits per heavy atom. The van der Waals surface area contributed by atoms with Gasteiger partial charge in [-0.05, 0) is 35.4 Å². The smallest absolute Gasteiger partial charge is 0.326 e. The van der Waals surface area contributed by atoms with E-state index in [2.05, 4.69) is 5.32 Å². The summed E-state index contributed by atoms with van der Waals surface area (Å²) < 4.78 is 0. The van der Waals surface area contributed by atoms with Crippen molar-refractivity contribution in [1.29, 1.82) is 0 Å². The number of amides is 1. The van der Waals surface area contributed by atoms with Gasteiger partial charge in [0.25, 0.3) is 5.91 Å². The average Bonchev–Trinajstić information content (AvgIpc) is 3.37. The first-order chi connectivity index (χ1) is 17.3. The fraction of sp³-hybridized carbons (Fsp3) is 0.148. The molecule has 184 valence electrons. The Labute approximate surface area is 223 Å². The largest absolute Gasteiger partial charge is 0.480 e. The number of benzene rings is 3. The van der Waals surface area contributed by atoms with E-state index in [9.17, 15) is 14.7 Å². The highest BCUT2D eigenvalue weighted by Gasteiger charge is 2.21. The number of aliphatic carboxylic acids is 1. The zero-order valence-corrected chi connectivity index (χ0v) is 21.6. The topological polar surface area (TPSA) is 82.5 Å². The van der Waals surface area contributed by atoms with E-state index in [0.29, 0.717) is 22.2 Å². The van der Waals surface area contributed by atoms with Gasteiger partial charge >= 0.3 is 5.97 Å². The average molecular weight is 540 g/mol. The Morgan fingerprint density at radius 3 is 2.39 bits per heavy atom. The molecule has 0 aliphatic rings. The maximum atomic E-state index is 12.7. The van der Waals surface area contributed by atoms with Crippen LogP contribution < -0.4 is 10.2 Å². The number of carbonyl (C=O) groups is 2. The van der Waals surface area contributed by atoms with Crippen LogP contribution in [-0.4, -0.2) is 35.1 Å². The summed E-state index contributed by atoms with van der Waals surface area (Å²) in [5, 5.41) is 15.9. The Morgan fingerprint density at radius 2 is 1.72 bits per heavy atom. The summed E-state index contributed by atoms with van der Waals surface area (Å²) in [6.45, 7) is 0.585. The molecule has 0 aliphatic carbocycles. The van der Waals surface area contributed by atoms with Crippen molar-refractivity contribution >= 4 is 51.5 Å². The molecule has 2 N–H and O–H groups in total. The molecule has 0 radical (unpaired) electrons. The third-order valence-electron chi connectivity index (χ3n) is 5.56. The van der Waals surface area contributed by atoms with Crippen LogP contribution in [0, 0.1) is 0 Å². The summed E-state index contributed by atoms with van der Waals surface area (Å²) in [7, 11) is 1.94. The number of halogens is 2. The second kappa shape index (κ2) is 11.6. The number of nitrogens with zero attached hydrogens (tertiary/aromatic N) is 2. The number of hydrogen-bond donors (Lipinski definition) is 2. The van der Waals surface area contributed by atoms with E-state index >= 15 is 0 Å². The van der Waals surface area contributed by atoms with E-state index in [0.717, 1.165) is 27.5 Å². The molecule has 0 fully saturated rings. The molecule has 0 bridgehead atoms. The predicted molar refractivity (Wildman–Crippen MR) is 145 cm³/mol. The molecule has 1 amide bonds. The van der Waals surface area contributed by atoms with Crippen molar-refractivity contribution in [2.75, 3.05) is 11.9 Å². The van der Waals surface area contributed by atoms with Gasteiger partial charge in [-0.25, -0.2) is 9.78 Å². The lowest BCUT2D eigenvalue weighted by Crippen LogP contribution is -2.42. The lowest BCUT2D eigenvalue weighted by Gasteiger charge is -2.17. The van der Waals surface area contributed by atoms with Crippen LogP contribution in [0.3, 0.4) is 0 Å². The zero-order chi connectivity index (χ0) is 25.7. The summed E-state index contributed by atoms with van der Waals surface area (Å²) >= 11 is 13.7. The third-order valence-corrected chi connectivity index (χ3v) is 7.25. The SMILES string of the molecule is CN(Cc1ccc(C(=O)NC(Cc2ccccc2)C(=O)O)cc1)c1nc(-c2ccc(Cl)c(Cl)c2)cs1. The monoisotopic (exact) mass is 539 g/mol. The molecule has 0 saturated heterocycles. The number of carboxylic acid groups (broad SMARTS) is 1. The summed E-state index contributed by atoms with van der Waals surface area (Å²) in [6, 6.07) is 20.7. The Balaban J connectivity index is 1.38. The molecule has 3 aromatic carbocycles. The normalized spacial score (nSPS) is 11.6. The molecular formula is C27H23Cl2N3O3S. The minimum Gasteiger partial charge on any atom is -0.480 e. The van der Waals surface area contributed by atoms with Crippen molar-refractivity contribution in [2.24, 2.45) is 0 Å². The summed E-state index contributed by atoms with van der Waals surface area (Å²) in [5.41, 5.74) is 3.93. The van der Waals surface area contributed by atoms with Gasteiger partial charge in [-0.15, -0.1) is 11.3 Å². The predicted octanol–water partition coefficient (Wildman–Crippen LogP) is 6.18. The number of carboxylic acids is 1. The second-order valence-corrected chi connectivity index (χ2v) is 9.90. The highest BCUT2D eigenvalue weighted by Crippen LogP contribution is 2.31. The number of anilines is 1. The molecule has 4 rings (SSSR count). The molecule has 0 aliphatic heterocycles. The van der Waals surface area contributed by atoms with E-state index in [4.69, 9.17) is 28.2 Å². The van der Waals surface area contributed by atoms with Crippen molar-refractivity contribution < 1.29 is 14.7 Å². The highest BCUT2D eigenvalue weighted by molar-refractivity contribution is 7.14. The van der Waals surface area contributed by atoms with Crippen LogP contribution in [0.2, 0.25) is 10.0 Å². The Bertz CT molecular complexity index is 1360. The van der Waals surface area contributed by atoms with Gasteiger partial charge < -0.3 is 15.3 Å². The Hall–Kier alpha value is -3.39. The van der Waals surface area contributed by atoms with Crippen LogP contribution in [0.15, 0.2) is 78.2 Å². The van der Waals surface area contributed by atoms with Crippen molar-refractivity contribution in [3.05, 3.63) is 105 Å². The molecule has 1 aromatic heterocycles. The van der Waals surface area contributed by atoms with Gasteiger partial charge in [0.1, 0.15) is 6.04 Å². The van der Waals surface area contributed by atoms with Crippen LogP contribution in [0.25, 0.3) is 11.3 Å². The lowest BCUT2D eigenvalue weighted by atomic mass is 10.1. The van der Waals surface area contributed by atoms with Crippen molar-refractivity contribution in [3.8, 4) is 11.3 Å². The fourth-order valence-electron chi connectivity index (χ4n) is 3.62. The van der Waals surface area contributed by atoms with E-state index in [1.54, 1.807) is 24.3 Å². The van der Waals surface area contributed by atoms with Gasteiger partial charge in [0.2, 0.25) is 0 Å².